The predicted octanol–water partition coefficient (Wildman–Crippen LogP) is 3.57. The number of hydrogen-bond acceptors (Lipinski definition) is 3. The Hall–Kier alpha value is -3.41. The van der Waals surface area contributed by atoms with Gasteiger partial charge in [-0.3, -0.25) is 14.4 Å². The highest BCUT2D eigenvalue weighted by Crippen LogP contribution is 2.18. The van der Waals surface area contributed by atoms with Gasteiger partial charge in [-0.15, -0.1) is 0 Å². The van der Waals surface area contributed by atoms with Gasteiger partial charge in [0.2, 0.25) is 0 Å². The van der Waals surface area contributed by atoms with Gasteiger partial charge in [0.25, 0.3) is 17.4 Å². The van der Waals surface area contributed by atoms with Gasteiger partial charge in [0.1, 0.15) is 5.56 Å². The lowest BCUT2D eigenvalue weighted by Crippen LogP contribution is -2.30. The van der Waals surface area contributed by atoms with E-state index in [4.69, 9.17) is 0 Å². The first-order chi connectivity index (χ1) is 13.5. The van der Waals surface area contributed by atoms with E-state index in [9.17, 15) is 14.4 Å². The van der Waals surface area contributed by atoms with E-state index in [0.29, 0.717) is 35.4 Å². The first kappa shape index (κ1) is 19.4. The molecular formula is C22H23N3O3. The van der Waals surface area contributed by atoms with Crippen molar-refractivity contribution in [2.24, 2.45) is 0 Å². The molecule has 1 aromatic heterocycles. The quantitative estimate of drug-likeness (QED) is 0.713. The molecule has 2 amide bonds. The Balaban J connectivity index is 1.85. The Bertz CT molecular complexity index is 1080. The van der Waals surface area contributed by atoms with E-state index >= 15 is 0 Å². The Kier molecular flexibility index (Phi) is 5.59. The van der Waals surface area contributed by atoms with Crippen LogP contribution in [0.4, 0.5) is 5.69 Å². The first-order valence-corrected chi connectivity index (χ1v) is 9.28. The topological polar surface area (TPSA) is 82.3 Å². The maximum Gasteiger partial charge on any atom is 0.261 e. The molecule has 0 aliphatic rings. The summed E-state index contributed by atoms with van der Waals surface area (Å²) in [5.74, 6) is -0.531. The zero-order valence-corrected chi connectivity index (χ0v) is 16.2. The van der Waals surface area contributed by atoms with Gasteiger partial charge in [-0.05, 0) is 56.7 Å². The molecule has 0 unspecified atom stereocenters. The highest BCUT2D eigenvalue weighted by atomic mass is 16.2. The minimum absolute atomic E-state index is 0.0512. The molecule has 2 aromatic carbocycles. The smallest absolute Gasteiger partial charge is 0.261 e. The molecule has 0 atom stereocenters. The maximum atomic E-state index is 12.7. The van der Waals surface area contributed by atoms with Gasteiger partial charge in [-0.1, -0.05) is 18.2 Å². The molecule has 2 N–H and O–H groups in total. The summed E-state index contributed by atoms with van der Waals surface area (Å²) in [6.45, 7) is 6.90. The summed E-state index contributed by atoms with van der Waals surface area (Å²) in [6.07, 6.45) is 0. The van der Waals surface area contributed by atoms with Crippen LogP contribution in [0.1, 0.15) is 40.1 Å². The van der Waals surface area contributed by atoms with E-state index in [2.05, 4.69) is 10.3 Å². The molecule has 6 nitrogen and oxygen atoms in total. The van der Waals surface area contributed by atoms with E-state index in [1.807, 2.05) is 32.0 Å². The number of para-hydroxylation sites is 1. The lowest BCUT2D eigenvalue weighted by atomic mass is 10.0. The van der Waals surface area contributed by atoms with Crippen LogP contribution in [0.3, 0.4) is 0 Å². The summed E-state index contributed by atoms with van der Waals surface area (Å²) in [5, 5.41) is 3.57. The average Bonchev–Trinajstić information content (AvgIpc) is 2.69. The average molecular weight is 377 g/mol. The van der Waals surface area contributed by atoms with Crippen LogP contribution in [0.25, 0.3) is 10.9 Å². The van der Waals surface area contributed by atoms with Crippen molar-refractivity contribution in [1.82, 2.24) is 9.88 Å². The highest BCUT2D eigenvalue weighted by molar-refractivity contribution is 6.07. The number of aromatic nitrogens is 1. The molecule has 0 fully saturated rings. The third kappa shape index (κ3) is 3.67. The van der Waals surface area contributed by atoms with Crippen molar-refractivity contribution in [3.8, 4) is 0 Å². The van der Waals surface area contributed by atoms with Crippen LogP contribution in [0.2, 0.25) is 0 Å². The summed E-state index contributed by atoms with van der Waals surface area (Å²) in [5.41, 5.74) is 2.06. The van der Waals surface area contributed by atoms with E-state index in [-0.39, 0.29) is 11.5 Å². The fraction of sp³-hybridized carbons (Fsp3) is 0.227. The van der Waals surface area contributed by atoms with Gasteiger partial charge in [0.15, 0.2) is 0 Å². The van der Waals surface area contributed by atoms with E-state index < -0.39 is 11.5 Å². The van der Waals surface area contributed by atoms with Crippen molar-refractivity contribution in [2.45, 2.75) is 20.8 Å². The number of pyridine rings is 1. The molecule has 28 heavy (non-hydrogen) atoms. The summed E-state index contributed by atoms with van der Waals surface area (Å²) < 4.78 is 0. The minimum Gasteiger partial charge on any atom is -0.339 e. The number of aryl methyl sites for hydroxylation is 1. The number of fused-ring (bicyclic) bond motifs is 1. The van der Waals surface area contributed by atoms with Gasteiger partial charge in [-0.2, -0.15) is 0 Å². The van der Waals surface area contributed by atoms with Crippen LogP contribution in [-0.2, 0) is 0 Å². The van der Waals surface area contributed by atoms with Crippen molar-refractivity contribution in [3.05, 3.63) is 75.6 Å². The summed E-state index contributed by atoms with van der Waals surface area (Å²) in [7, 11) is 0. The number of anilines is 1. The lowest BCUT2D eigenvalue weighted by molar-refractivity contribution is 0.0773. The van der Waals surface area contributed by atoms with Crippen LogP contribution in [0.15, 0.2) is 53.3 Å². The summed E-state index contributed by atoms with van der Waals surface area (Å²) in [6, 6.07) is 14.0. The molecular weight excluding hydrogens is 354 g/mol. The van der Waals surface area contributed by atoms with Crippen molar-refractivity contribution in [3.63, 3.8) is 0 Å². The molecule has 144 valence electrons. The Labute approximate surface area is 163 Å². The molecule has 0 aliphatic carbocycles. The van der Waals surface area contributed by atoms with Gasteiger partial charge in [0, 0.05) is 35.2 Å². The molecule has 3 aromatic rings. The van der Waals surface area contributed by atoms with Crippen molar-refractivity contribution in [2.75, 3.05) is 18.4 Å². The molecule has 0 spiro atoms. The molecule has 0 saturated carbocycles. The highest BCUT2D eigenvalue weighted by Gasteiger charge is 2.17. The Morgan fingerprint density at radius 2 is 1.64 bits per heavy atom. The molecule has 1 heterocycles. The predicted molar refractivity (Wildman–Crippen MR) is 111 cm³/mol. The molecule has 6 heteroatoms. The molecule has 0 radical (unpaired) electrons. The van der Waals surface area contributed by atoms with Gasteiger partial charge in [0.05, 0.1) is 0 Å². The van der Waals surface area contributed by atoms with Crippen molar-refractivity contribution < 1.29 is 9.59 Å². The number of H-pyrrole nitrogens is 1. The fourth-order valence-electron chi connectivity index (χ4n) is 3.27. The number of hydrogen-bond donors (Lipinski definition) is 2. The second-order valence-corrected chi connectivity index (χ2v) is 6.51. The fourth-order valence-corrected chi connectivity index (χ4v) is 3.27. The number of rotatable bonds is 5. The van der Waals surface area contributed by atoms with Crippen LogP contribution in [0, 0.1) is 6.92 Å². The normalized spacial score (nSPS) is 10.7. The number of amides is 2. The van der Waals surface area contributed by atoms with Crippen LogP contribution < -0.4 is 10.9 Å². The Morgan fingerprint density at radius 1 is 1.00 bits per heavy atom. The lowest BCUT2D eigenvalue weighted by Gasteiger charge is -2.18. The monoisotopic (exact) mass is 377 g/mol. The SMILES string of the molecule is CCN(CC)C(=O)c1ccc(NC(=O)c2c(C)c3ccccc3[nH]c2=O)cc1. The largest absolute Gasteiger partial charge is 0.339 e. The van der Waals surface area contributed by atoms with Gasteiger partial charge >= 0.3 is 0 Å². The van der Waals surface area contributed by atoms with Crippen LogP contribution >= 0.6 is 0 Å². The molecule has 0 aliphatic heterocycles. The van der Waals surface area contributed by atoms with Crippen LogP contribution in [0.5, 0.6) is 0 Å². The zero-order chi connectivity index (χ0) is 20.3. The van der Waals surface area contributed by atoms with Crippen molar-refractivity contribution in [1.29, 1.82) is 0 Å². The summed E-state index contributed by atoms with van der Waals surface area (Å²) >= 11 is 0. The third-order valence-electron chi connectivity index (χ3n) is 4.85. The van der Waals surface area contributed by atoms with Gasteiger partial charge in [-0.25, -0.2) is 0 Å². The number of carbonyl (C=O) groups is 2. The van der Waals surface area contributed by atoms with Gasteiger partial charge < -0.3 is 15.2 Å². The molecule has 0 bridgehead atoms. The molecule has 0 saturated heterocycles. The standard InChI is InChI=1S/C22H23N3O3/c1-4-25(5-2)22(28)15-10-12-16(13-11-15)23-20(26)19-14(3)17-8-6-7-9-18(17)24-21(19)27/h6-13H,4-5H2,1-3H3,(H,23,26)(H,24,27). The number of benzene rings is 2. The number of nitrogens with zero attached hydrogens (tertiary/aromatic N) is 1. The number of carbonyl (C=O) groups excluding carboxylic acids is 2. The number of nitrogens with one attached hydrogen (secondary N) is 2. The first-order valence-electron chi connectivity index (χ1n) is 9.28. The Morgan fingerprint density at radius 3 is 2.29 bits per heavy atom. The second-order valence-electron chi connectivity index (χ2n) is 6.51. The second kappa shape index (κ2) is 8.08. The number of aromatic amines is 1. The molecule has 3 rings (SSSR count). The van der Waals surface area contributed by atoms with E-state index in [1.54, 1.807) is 42.2 Å². The van der Waals surface area contributed by atoms with Crippen molar-refractivity contribution >= 4 is 28.4 Å². The summed E-state index contributed by atoms with van der Waals surface area (Å²) in [4.78, 5) is 42.0. The zero-order valence-electron chi connectivity index (χ0n) is 16.2. The van der Waals surface area contributed by atoms with E-state index in [1.165, 1.54) is 0 Å². The van der Waals surface area contributed by atoms with E-state index in [0.717, 1.165) is 5.39 Å². The van der Waals surface area contributed by atoms with Crippen LogP contribution in [-0.4, -0.2) is 34.8 Å². The minimum atomic E-state index is -0.479. The maximum absolute atomic E-state index is 12.7. The third-order valence-corrected chi connectivity index (χ3v) is 4.85.